The first-order valence-electron chi connectivity index (χ1n) is 7.18. The number of halogens is 2. The summed E-state index contributed by atoms with van der Waals surface area (Å²) >= 11 is 0. The Morgan fingerprint density at radius 2 is 2.04 bits per heavy atom. The number of carbonyl (C=O) groups is 2. The zero-order valence-corrected chi connectivity index (χ0v) is 13.3. The summed E-state index contributed by atoms with van der Waals surface area (Å²) in [6.07, 6.45) is -0.0143. The molecule has 1 aromatic carbocycles. The van der Waals surface area contributed by atoms with E-state index < -0.39 is 12.7 Å². The third-order valence-electron chi connectivity index (χ3n) is 3.48. The smallest absolute Gasteiger partial charge is 0.387 e. The number of ether oxygens (including phenoxy) is 3. The standard InChI is InChI=1S/C15H18F2N2O5/c1-22-6-5-19-13(20)8-10(14(19)21)18-9-3-4-11(23-2)12(7-9)24-15(16)17/h3-4,7,10,15,18H,5-6,8H2,1-2H3/t10-/m0/s1. The molecule has 2 amide bonds. The van der Waals surface area contributed by atoms with E-state index in [0.717, 1.165) is 4.90 Å². The van der Waals surface area contributed by atoms with Crippen LogP contribution in [0.5, 0.6) is 11.5 Å². The van der Waals surface area contributed by atoms with Gasteiger partial charge < -0.3 is 19.5 Å². The van der Waals surface area contributed by atoms with Crippen LogP contribution in [0, 0.1) is 0 Å². The first kappa shape index (κ1) is 17.9. The normalized spacial score (nSPS) is 17.5. The number of benzene rings is 1. The molecule has 0 unspecified atom stereocenters. The van der Waals surface area contributed by atoms with Gasteiger partial charge in [0.1, 0.15) is 6.04 Å². The second kappa shape index (κ2) is 7.91. The SMILES string of the molecule is COCCN1C(=O)C[C@H](Nc2ccc(OC)c(OC(F)F)c2)C1=O. The maximum atomic E-state index is 12.4. The molecule has 1 aliphatic heterocycles. The lowest BCUT2D eigenvalue weighted by atomic mass is 10.2. The van der Waals surface area contributed by atoms with Crippen molar-refractivity contribution in [1.29, 1.82) is 0 Å². The van der Waals surface area contributed by atoms with Gasteiger partial charge in [-0.05, 0) is 12.1 Å². The molecule has 0 saturated carbocycles. The topological polar surface area (TPSA) is 77.1 Å². The van der Waals surface area contributed by atoms with Gasteiger partial charge in [-0.15, -0.1) is 0 Å². The van der Waals surface area contributed by atoms with Crippen molar-refractivity contribution in [3.63, 3.8) is 0 Å². The van der Waals surface area contributed by atoms with Gasteiger partial charge in [0.15, 0.2) is 11.5 Å². The first-order valence-corrected chi connectivity index (χ1v) is 7.18. The van der Waals surface area contributed by atoms with Crippen LogP contribution >= 0.6 is 0 Å². The molecule has 7 nitrogen and oxygen atoms in total. The largest absolute Gasteiger partial charge is 0.493 e. The molecule has 1 atom stereocenters. The first-order chi connectivity index (χ1) is 11.5. The molecule has 0 bridgehead atoms. The summed E-state index contributed by atoms with van der Waals surface area (Å²) in [5, 5.41) is 2.86. The molecule has 1 heterocycles. The molecule has 24 heavy (non-hydrogen) atoms. The van der Waals surface area contributed by atoms with Gasteiger partial charge >= 0.3 is 6.61 Å². The van der Waals surface area contributed by atoms with Gasteiger partial charge in [0, 0.05) is 18.9 Å². The van der Waals surface area contributed by atoms with Crippen molar-refractivity contribution in [2.45, 2.75) is 19.1 Å². The predicted molar refractivity (Wildman–Crippen MR) is 80.2 cm³/mol. The van der Waals surface area contributed by atoms with E-state index in [1.165, 1.54) is 26.4 Å². The van der Waals surface area contributed by atoms with Crippen LogP contribution in [-0.4, -0.2) is 56.7 Å². The minimum Gasteiger partial charge on any atom is -0.493 e. The highest BCUT2D eigenvalue weighted by atomic mass is 19.3. The zero-order chi connectivity index (χ0) is 17.7. The van der Waals surface area contributed by atoms with Crippen LogP contribution in [0.4, 0.5) is 14.5 Å². The van der Waals surface area contributed by atoms with Gasteiger partial charge in [-0.2, -0.15) is 8.78 Å². The number of carbonyl (C=O) groups excluding carboxylic acids is 2. The number of imide groups is 1. The van der Waals surface area contributed by atoms with Crippen LogP contribution < -0.4 is 14.8 Å². The lowest BCUT2D eigenvalue weighted by molar-refractivity contribution is -0.139. The van der Waals surface area contributed by atoms with E-state index in [9.17, 15) is 18.4 Å². The molecule has 1 N–H and O–H groups in total. The van der Waals surface area contributed by atoms with Crippen LogP contribution in [0.15, 0.2) is 18.2 Å². The van der Waals surface area contributed by atoms with Crippen molar-refractivity contribution in [3.8, 4) is 11.5 Å². The van der Waals surface area contributed by atoms with Crippen molar-refractivity contribution < 1.29 is 32.6 Å². The van der Waals surface area contributed by atoms with Crippen molar-refractivity contribution in [1.82, 2.24) is 4.90 Å². The van der Waals surface area contributed by atoms with E-state index in [0.29, 0.717) is 5.69 Å². The summed E-state index contributed by atoms with van der Waals surface area (Å²) in [5.74, 6) is -0.724. The molecular weight excluding hydrogens is 326 g/mol. The Morgan fingerprint density at radius 3 is 2.67 bits per heavy atom. The van der Waals surface area contributed by atoms with Gasteiger partial charge in [0.05, 0.1) is 26.7 Å². The Hall–Kier alpha value is -2.42. The van der Waals surface area contributed by atoms with Crippen molar-refractivity contribution >= 4 is 17.5 Å². The fourth-order valence-corrected chi connectivity index (χ4v) is 2.37. The Bertz CT molecular complexity index is 612. The minimum absolute atomic E-state index is 0.0143. The molecule has 0 aromatic heterocycles. The Labute approximate surface area is 137 Å². The zero-order valence-electron chi connectivity index (χ0n) is 13.3. The highest BCUT2D eigenvalue weighted by Crippen LogP contribution is 2.32. The van der Waals surface area contributed by atoms with Crippen molar-refractivity contribution in [3.05, 3.63) is 18.2 Å². The number of likely N-dealkylation sites (tertiary alicyclic amines) is 1. The van der Waals surface area contributed by atoms with Gasteiger partial charge in [0.2, 0.25) is 5.91 Å². The average Bonchev–Trinajstić information content (AvgIpc) is 2.79. The van der Waals surface area contributed by atoms with Gasteiger partial charge in [-0.1, -0.05) is 0 Å². The van der Waals surface area contributed by atoms with Gasteiger partial charge in [-0.25, -0.2) is 0 Å². The summed E-state index contributed by atoms with van der Waals surface area (Å²) in [4.78, 5) is 25.2. The van der Waals surface area contributed by atoms with E-state index >= 15 is 0 Å². The molecule has 0 spiro atoms. The molecule has 9 heteroatoms. The van der Waals surface area contributed by atoms with Gasteiger partial charge in [-0.3, -0.25) is 14.5 Å². The second-order valence-corrected chi connectivity index (χ2v) is 5.02. The third-order valence-corrected chi connectivity index (χ3v) is 3.48. The van der Waals surface area contributed by atoms with Crippen molar-refractivity contribution in [2.24, 2.45) is 0 Å². The maximum absolute atomic E-state index is 12.4. The van der Waals surface area contributed by atoms with Crippen LogP contribution in [-0.2, 0) is 14.3 Å². The summed E-state index contributed by atoms with van der Waals surface area (Å²) in [6.45, 7) is -2.58. The van der Waals surface area contributed by atoms with Crippen LogP contribution in [0.3, 0.4) is 0 Å². The average molecular weight is 344 g/mol. The van der Waals surface area contributed by atoms with Crippen LogP contribution in [0.25, 0.3) is 0 Å². The maximum Gasteiger partial charge on any atom is 0.387 e. The summed E-state index contributed by atoms with van der Waals surface area (Å²) in [6, 6.07) is 3.51. The Morgan fingerprint density at radius 1 is 1.29 bits per heavy atom. The Balaban J connectivity index is 2.10. The molecule has 1 aliphatic rings. The predicted octanol–water partition coefficient (Wildman–Crippen LogP) is 1.48. The highest BCUT2D eigenvalue weighted by molar-refractivity contribution is 6.06. The molecule has 1 saturated heterocycles. The fourth-order valence-electron chi connectivity index (χ4n) is 2.37. The molecule has 1 aromatic rings. The number of nitrogens with one attached hydrogen (secondary N) is 1. The van der Waals surface area contributed by atoms with E-state index in [4.69, 9.17) is 9.47 Å². The monoisotopic (exact) mass is 344 g/mol. The van der Waals surface area contributed by atoms with E-state index in [1.54, 1.807) is 6.07 Å². The quantitative estimate of drug-likeness (QED) is 0.720. The molecule has 0 radical (unpaired) electrons. The molecule has 0 aliphatic carbocycles. The summed E-state index contributed by atoms with van der Waals surface area (Å²) in [7, 11) is 2.80. The second-order valence-electron chi connectivity index (χ2n) is 5.02. The van der Waals surface area contributed by atoms with Crippen molar-refractivity contribution in [2.75, 3.05) is 32.7 Å². The molecule has 132 valence electrons. The fraction of sp³-hybridized carbons (Fsp3) is 0.467. The minimum atomic E-state index is -3.01. The lowest BCUT2D eigenvalue weighted by Gasteiger charge is -2.17. The molecule has 2 rings (SSSR count). The van der Waals surface area contributed by atoms with E-state index in [-0.39, 0.29) is 42.9 Å². The number of hydrogen-bond acceptors (Lipinski definition) is 6. The van der Waals surface area contributed by atoms with Gasteiger partial charge in [0.25, 0.3) is 5.91 Å². The number of alkyl halides is 2. The summed E-state index contributed by atoms with van der Waals surface area (Å²) in [5.41, 5.74) is 0.367. The number of amides is 2. The number of anilines is 1. The van der Waals surface area contributed by atoms with Crippen LogP contribution in [0.1, 0.15) is 6.42 Å². The molecular formula is C15H18F2N2O5. The van der Waals surface area contributed by atoms with E-state index in [2.05, 4.69) is 10.1 Å². The van der Waals surface area contributed by atoms with Crippen LogP contribution in [0.2, 0.25) is 0 Å². The number of nitrogens with zero attached hydrogens (tertiary/aromatic N) is 1. The third kappa shape index (κ3) is 4.10. The van der Waals surface area contributed by atoms with E-state index in [1.807, 2.05) is 0 Å². The lowest BCUT2D eigenvalue weighted by Crippen LogP contribution is -2.36. The number of hydrogen-bond donors (Lipinski definition) is 1. The highest BCUT2D eigenvalue weighted by Gasteiger charge is 2.38. The summed E-state index contributed by atoms with van der Waals surface area (Å²) < 4.78 is 39.1. The number of rotatable bonds is 8. The Kier molecular flexibility index (Phi) is 5.91. The molecule has 1 fully saturated rings. The number of methoxy groups -OCH3 is 2.